The maximum atomic E-state index is 11.9. The molecule has 4 heteroatoms. The van der Waals surface area contributed by atoms with Crippen LogP contribution in [0, 0.1) is 0 Å². The number of aliphatic hydroxyl groups is 1. The zero-order valence-corrected chi connectivity index (χ0v) is 14.5. The Labute approximate surface area is 147 Å². The van der Waals surface area contributed by atoms with Gasteiger partial charge >= 0.3 is 0 Å². The van der Waals surface area contributed by atoms with E-state index in [0.29, 0.717) is 0 Å². The van der Waals surface area contributed by atoms with Gasteiger partial charge in [0, 0.05) is 18.7 Å². The third-order valence-electron chi connectivity index (χ3n) is 4.82. The van der Waals surface area contributed by atoms with Crippen molar-refractivity contribution in [2.75, 3.05) is 13.1 Å². The molecule has 2 heterocycles. The van der Waals surface area contributed by atoms with Crippen LogP contribution in [0.4, 0.5) is 0 Å². The van der Waals surface area contributed by atoms with Gasteiger partial charge in [0.15, 0.2) is 10.9 Å². The van der Waals surface area contributed by atoms with Crippen molar-refractivity contribution in [1.29, 1.82) is 0 Å². The fourth-order valence-electron chi connectivity index (χ4n) is 3.58. The quantitative estimate of drug-likeness (QED) is 0.893. The lowest BCUT2D eigenvalue weighted by molar-refractivity contribution is -0.0724. The third-order valence-corrected chi connectivity index (χ3v) is 6.22. The largest absolute Gasteiger partial charge is 0.365 e. The van der Waals surface area contributed by atoms with Gasteiger partial charge in [-0.15, -0.1) is 0 Å². The van der Waals surface area contributed by atoms with E-state index in [9.17, 15) is 5.11 Å². The number of hydrogen-bond donors (Lipinski definition) is 1. The van der Waals surface area contributed by atoms with Gasteiger partial charge in [-0.05, 0) is 24.8 Å². The first kappa shape index (κ1) is 15.7. The number of benzene rings is 2. The Hall–Kier alpha value is -1.78. The van der Waals surface area contributed by atoms with Crippen LogP contribution >= 0.6 is 11.8 Å². The van der Waals surface area contributed by atoms with E-state index >= 15 is 0 Å². The lowest BCUT2D eigenvalue weighted by Crippen LogP contribution is -2.46. The first-order valence-electron chi connectivity index (χ1n) is 8.62. The molecule has 0 spiro atoms. The summed E-state index contributed by atoms with van der Waals surface area (Å²) in [6.07, 6.45) is 3.40. The standard InChI is InChI=1S/C20H22N2OS/c23-20(17-12-6-2-7-13-17)18(16-10-4-1-5-11-16)24-19-21-14-8-3-9-15-22(19)20/h1-2,4-7,10-13,18,23H,3,8-9,14-15H2/b21-19+. The molecule has 2 unspecified atom stereocenters. The molecule has 1 saturated heterocycles. The average molecular weight is 338 g/mol. The molecule has 124 valence electrons. The predicted octanol–water partition coefficient (Wildman–Crippen LogP) is 4.16. The molecule has 2 aromatic rings. The highest BCUT2D eigenvalue weighted by Gasteiger charge is 2.53. The molecule has 1 fully saturated rings. The van der Waals surface area contributed by atoms with Crippen LogP contribution in [0.15, 0.2) is 65.7 Å². The highest BCUT2D eigenvalue weighted by atomic mass is 32.2. The summed E-state index contributed by atoms with van der Waals surface area (Å²) >= 11 is 1.70. The Morgan fingerprint density at radius 1 is 0.958 bits per heavy atom. The van der Waals surface area contributed by atoms with Gasteiger partial charge < -0.3 is 10.0 Å². The predicted molar refractivity (Wildman–Crippen MR) is 100.0 cm³/mol. The number of amidine groups is 1. The van der Waals surface area contributed by atoms with Gasteiger partial charge in [0.1, 0.15) is 0 Å². The van der Waals surface area contributed by atoms with Crippen molar-refractivity contribution in [3.05, 3.63) is 71.8 Å². The Bertz CT molecular complexity index is 719. The molecule has 3 nitrogen and oxygen atoms in total. The van der Waals surface area contributed by atoms with Crippen LogP contribution in [-0.4, -0.2) is 28.3 Å². The first-order valence-corrected chi connectivity index (χ1v) is 9.50. The van der Waals surface area contributed by atoms with Crippen molar-refractivity contribution in [2.24, 2.45) is 4.99 Å². The molecule has 0 amide bonds. The molecule has 0 radical (unpaired) electrons. The summed E-state index contributed by atoms with van der Waals surface area (Å²) in [6, 6.07) is 20.4. The summed E-state index contributed by atoms with van der Waals surface area (Å²) in [5, 5.41) is 12.8. The number of rotatable bonds is 2. The van der Waals surface area contributed by atoms with Gasteiger partial charge in [-0.3, -0.25) is 4.99 Å². The fraction of sp³-hybridized carbons (Fsp3) is 0.350. The van der Waals surface area contributed by atoms with Crippen molar-refractivity contribution in [3.8, 4) is 0 Å². The Kier molecular flexibility index (Phi) is 4.33. The molecule has 0 aliphatic carbocycles. The Morgan fingerprint density at radius 2 is 1.67 bits per heavy atom. The van der Waals surface area contributed by atoms with Crippen LogP contribution in [0.2, 0.25) is 0 Å². The van der Waals surface area contributed by atoms with Crippen molar-refractivity contribution in [3.63, 3.8) is 0 Å². The van der Waals surface area contributed by atoms with Gasteiger partial charge in [-0.1, -0.05) is 72.4 Å². The van der Waals surface area contributed by atoms with E-state index in [1.807, 2.05) is 48.5 Å². The molecule has 2 atom stereocenters. The minimum Gasteiger partial charge on any atom is -0.365 e. The number of aliphatic imine (C=N–C) groups is 1. The molecule has 2 aliphatic rings. The minimum absolute atomic E-state index is 0.0713. The molecule has 1 N–H and O–H groups in total. The summed E-state index contributed by atoms with van der Waals surface area (Å²) < 4.78 is 0. The highest BCUT2D eigenvalue weighted by Crippen LogP contribution is 2.54. The molecular formula is C20H22N2OS. The van der Waals surface area contributed by atoms with Crippen LogP contribution < -0.4 is 0 Å². The topological polar surface area (TPSA) is 35.8 Å². The SMILES string of the molecule is OC1(c2ccccc2)C(c2ccccc2)S/C2=N/CCCCCN21. The zero-order chi connectivity index (χ0) is 16.4. The summed E-state index contributed by atoms with van der Waals surface area (Å²) in [7, 11) is 0. The molecule has 2 aromatic carbocycles. The van der Waals surface area contributed by atoms with E-state index in [-0.39, 0.29) is 5.25 Å². The lowest BCUT2D eigenvalue weighted by Gasteiger charge is -2.38. The molecule has 4 rings (SSSR count). The van der Waals surface area contributed by atoms with Crippen LogP contribution in [-0.2, 0) is 5.72 Å². The molecule has 2 aliphatic heterocycles. The summed E-state index contributed by atoms with van der Waals surface area (Å²) in [5.41, 5.74) is 1.03. The second-order valence-electron chi connectivity index (χ2n) is 6.38. The van der Waals surface area contributed by atoms with Crippen molar-refractivity contribution in [1.82, 2.24) is 4.90 Å². The maximum absolute atomic E-state index is 11.9. The molecule has 0 bridgehead atoms. The Morgan fingerprint density at radius 3 is 2.42 bits per heavy atom. The van der Waals surface area contributed by atoms with Gasteiger partial charge in [-0.25, -0.2) is 0 Å². The number of fused-ring (bicyclic) bond motifs is 1. The fourth-order valence-corrected chi connectivity index (χ4v) is 5.03. The normalized spacial score (nSPS) is 29.3. The smallest absolute Gasteiger partial charge is 0.182 e. The number of nitrogens with zero attached hydrogens (tertiary/aromatic N) is 2. The second kappa shape index (κ2) is 6.61. The Balaban J connectivity index is 1.84. The van der Waals surface area contributed by atoms with Crippen LogP contribution in [0.1, 0.15) is 35.6 Å². The number of thioether (sulfide) groups is 1. The van der Waals surface area contributed by atoms with Crippen molar-refractivity contribution >= 4 is 16.9 Å². The van der Waals surface area contributed by atoms with E-state index in [1.165, 1.54) is 6.42 Å². The zero-order valence-electron chi connectivity index (χ0n) is 13.6. The molecule has 24 heavy (non-hydrogen) atoms. The summed E-state index contributed by atoms with van der Waals surface area (Å²) in [6.45, 7) is 1.70. The van der Waals surface area contributed by atoms with Crippen molar-refractivity contribution < 1.29 is 5.11 Å². The summed E-state index contributed by atoms with van der Waals surface area (Å²) in [4.78, 5) is 6.92. The molecule has 0 saturated carbocycles. The molecule has 0 aromatic heterocycles. The minimum atomic E-state index is -1.05. The van der Waals surface area contributed by atoms with Crippen LogP contribution in [0.25, 0.3) is 0 Å². The maximum Gasteiger partial charge on any atom is 0.182 e. The van der Waals surface area contributed by atoms with E-state index in [1.54, 1.807) is 11.8 Å². The first-order chi connectivity index (χ1) is 11.8. The average Bonchev–Trinajstić information content (AvgIpc) is 2.89. The third kappa shape index (κ3) is 2.64. The highest BCUT2D eigenvalue weighted by molar-refractivity contribution is 8.14. The van der Waals surface area contributed by atoms with E-state index in [0.717, 1.165) is 42.2 Å². The van der Waals surface area contributed by atoms with Gasteiger partial charge in [0.2, 0.25) is 0 Å². The summed E-state index contributed by atoms with van der Waals surface area (Å²) in [5.74, 6) is 0. The monoisotopic (exact) mass is 338 g/mol. The van der Waals surface area contributed by atoms with Crippen LogP contribution in [0.3, 0.4) is 0 Å². The number of hydrogen-bond acceptors (Lipinski definition) is 4. The van der Waals surface area contributed by atoms with Gasteiger partial charge in [0.05, 0.1) is 5.25 Å². The lowest BCUT2D eigenvalue weighted by atomic mass is 9.92. The molecular weight excluding hydrogens is 316 g/mol. The van der Waals surface area contributed by atoms with Gasteiger partial charge in [-0.2, -0.15) is 0 Å². The van der Waals surface area contributed by atoms with E-state index < -0.39 is 5.72 Å². The van der Waals surface area contributed by atoms with E-state index in [2.05, 4.69) is 17.0 Å². The van der Waals surface area contributed by atoms with Gasteiger partial charge in [0.25, 0.3) is 0 Å². The van der Waals surface area contributed by atoms with Crippen LogP contribution in [0.5, 0.6) is 0 Å². The second-order valence-corrected chi connectivity index (χ2v) is 7.45. The van der Waals surface area contributed by atoms with E-state index in [4.69, 9.17) is 4.99 Å². The van der Waals surface area contributed by atoms with Crippen molar-refractivity contribution in [2.45, 2.75) is 30.2 Å².